The van der Waals surface area contributed by atoms with Gasteiger partial charge in [0.05, 0.1) is 16.3 Å². The lowest BCUT2D eigenvalue weighted by Gasteiger charge is -2.07. The minimum absolute atomic E-state index is 0.182. The van der Waals surface area contributed by atoms with E-state index in [1.807, 2.05) is 13.8 Å². The van der Waals surface area contributed by atoms with Gasteiger partial charge < -0.3 is 0 Å². The first-order valence-corrected chi connectivity index (χ1v) is 7.40. The molecule has 1 N–H and O–H groups in total. The SMILES string of the molecule is Cc1cc(C)c(C=NNc2nc(Cl)c(Cl)cc2Cl)c(C)c1. The Morgan fingerprint density at radius 1 is 1.00 bits per heavy atom. The number of rotatable bonds is 3. The van der Waals surface area contributed by atoms with Crippen LogP contribution in [0.4, 0.5) is 5.82 Å². The van der Waals surface area contributed by atoms with Gasteiger partial charge in [-0.2, -0.15) is 5.10 Å². The number of nitrogens with one attached hydrogen (secondary N) is 1. The summed E-state index contributed by atoms with van der Waals surface area (Å²) in [5.41, 5.74) is 7.38. The van der Waals surface area contributed by atoms with Gasteiger partial charge in [0.1, 0.15) is 5.15 Å². The van der Waals surface area contributed by atoms with Crippen LogP contribution < -0.4 is 5.43 Å². The highest BCUT2D eigenvalue weighted by Crippen LogP contribution is 2.28. The molecule has 1 heterocycles. The lowest BCUT2D eigenvalue weighted by molar-refractivity contribution is 1.22. The standard InChI is InChI=1S/C15H14Cl3N3/c1-8-4-9(2)11(10(3)5-8)7-19-21-15-13(17)6-12(16)14(18)20-15/h4-7H,1-3H3,(H,20,21). The van der Waals surface area contributed by atoms with Crippen molar-refractivity contribution in [2.24, 2.45) is 5.10 Å². The number of aryl methyl sites for hydroxylation is 3. The molecule has 0 unspecified atom stereocenters. The van der Waals surface area contributed by atoms with Crippen LogP contribution in [0.15, 0.2) is 23.3 Å². The van der Waals surface area contributed by atoms with Gasteiger partial charge in [-0.1, -0.05) is 52.5 Å². The Bertz CT molecular complexity index is 689. The normalized spacial score (nSPS) is 11.1. The molecule has 1 aromatic carbocycles. The van der Waals surface area contributed by atoms with E-state index in [0.29, 0.717) is 15.9 Å². The highest BCUT2D eigenvalue weighted by atomic mass is 35.5. The van der Waals surface area contributed by atoms with Gasteiger partial charge in [0.15, 0.2) is 5.82 Å². The number of anilines is 1. The summed E-state index contributed by atoms with van der Waals surface area (Å²) in [6.07, 6.45) is 1.74. The van der Waals surface area contributed by atoms with E-state index in [0.717, 1.165) is 16.7 Å². The number of hydrogen-bond acceptors (Lipinski definition) is 3. The van der Waals surface area contributed by atoms with Crippen LogP contribution in [0.2, 0.25) is 15.2 Å². The van der Waals surface area contributed by atoms with E-state index in [1.54, 1.807) is 6.21 Å². The maximum Gasteiger partial charge on any atom is 0.166 e. The molecule has 0 fully saturated rings. The van der Waals surface area contributed by atoms with Crippen molar-refractivity contribution in [2.75, 3.05) is 5.43 Å². The average Bonchev–Trinajstić information content (AvgIpc) is 2.38. The zero-order chi connectivity index (χ0) is 15.6. The molecule has 2 aromatic rings. The topological polar surface area (TPSA) is 37.3 Å². The van der Waals surface area contributed by atoms with Crippen molar-refractivity contribution in [3.63, 3.8) is 0 Å². The van der Waals surface area contributed by atoms with Gasteiger partial charge in [0, 0.05) is 5.56 Å². The van der Waals surface area contributed by atoms with E-state index in [-0.39, 0.29) is 5.15 Å². The molecule has 6 heteroatoms. The molecule has 2 rings (SSSR count). The third kappa shape index (κ3) is 3.88. The molecule has 0 spiro atoms. The van der Waals surface area contributed by atoms with Crippen molar-refractivity contribution >= 4 is 46.8 Å². The fraction of sp³-hybridized carbons (Fsp3) is 0.200. The van der Waals surface area contributed by atoms with E-state index < -0.39 is 0 Å². The molecular weight excluding hydrogens is 329 g/mol. The lowest BCUT2D eigenvalue weighted by atomic mass is 10.0. The van der Waals surface area contributed by atoms with Crippen LogP contribution in [0.5, 0.6) is 0 Å². The van der Waals surface area contributed by atoms with E-state index >= 15 is 0 Å². The van der Waals surface area contributed by atoms with Gasteiger partial charge in [-0.3, -0.25) is 5.43 Å². The quantitative estimate of drug-likeness (QED) is 0.460. The summed E-state index contributed by atoms with van der Waals surface area (Å²) in [5, 5.41) is 5.02. The Morgan fingerprint density at radius 3 is 2.24 bits per heavy atom. The molecular formula is C15H14Cl3N3. The number of hydrazone groups is 1. The monoisotopic (exact) mass is 341 g/mol. The second-order valence-electron chi connectivity index (χ2n) is 4.77. The van der Waals surface area contributed by atoms with Gasteiger partial charge in [-0.15, -0.1) is 0 Å². The molecule has 3 nitrogen and oxygen atoms in total. The van der Waals surface area contributed by atoms with Gasteiger partial charge in [-0.25, -0.2) is 4.98 Å². The second-order valence-corrected chi connectivity index (χ2v) is 5.95. The third-order valence-corrected chi connectivity index (χ3v) is 3.95. The van der Waals surface area contributed by atoms with E-state index in [9.17, 15) is 0 Å². The van der Waals surface area contributed by atoms with Crippen LogP contribution in [-0.2, 0) is 0 Å². The van der Waals surface area contributed by atoms with Crippen LogP contribution >= 0.6 is 34.8 Å². The van der Waals surface area contributed by atoms with Crippen molar-refractivity contribution in [1.82, 2.24) is 4.98 Å². The molecule has 0 aliphatic carbocycles. The highest BCUT2D eigenvalue weighted by Gasteiger charge is 2.07. The zero-order valence-electron chi connectivity index (χ0n) is 11.8. The molecule has 0 atom stereocenters. The Hall–Kier alpha value is -1.29. The average molecular weight is 343 g/mol. The maximum absolute atomic E-state index is 6.02. The molecule has 21 heavy (non-hydrogen) atoms. The van der Waals surface area contributed by atoms with Gasteiger partial charge in [0.2, 0.25) is 0 Å². The van der Waals surface area contributed by atoms with Crippen LogP contribution in [0, 0.1) is 20.8 Å². The van der Waals surface area contributed by atoms with Crippen LogP contribution in [0.3, 0.4) is 0 Å². The summed E-state index contributed by atoms with van der Waals surface area (Å²) in [6.45, 7) is 6.16. The molecule has 0 saturated carbocycles. The Kier molecular flexibility index (Phi) is 5.09. The first-order chi connectivity index (χ1) is 9.88. The largest absolute Gasteiger partial charge is 0.260 e. The van der Waals surface area contributed by atoms with Crippen molar-refractivity contribution in [3.05, 3.63) is 55.7 Å². The van der Waals surface area contributed by atoms with Gasteiger partial charge in [0.25, 0.3) is 0 Å². The molecule has 0 saturated heterocycles. The number of halogens is 3. The number of benzene rings is 1. The molecule has 0 radical (unpaired) electrons. The highest BCUT2D eigenvalue weighted by molar-refractivity contribution is 6.42. The first-order valence-electron chi connectivity index (χ1n) is 6.27. The van der Waals surface area contributed by atoms with Crippen molar-refractivity contribution in [1.29, 1.82) is 0 Å². The smallest absolute Gasteiger partial charge is 0.166 e. The second kappa shape index (κ2) is 6.65. The fourth-order valence-electron chi connectivity index (χ4n) is 2.08. The summed E-state index contributed by atoms with van der Waals surface area (Å²) in [6, 6.07) is 5.75. The summed E-state index contributed by atoms with van der Waals surface area (Å²) in [5.74, 6) is 0.365. The predicted molar refractivity (Wildman–Crippen MR) is 91.1 cm³/mol. The minimum atomic E-state index is 0.182. The summed E-state index contributed by atoms with van der Waals surface area (Å²) >= 11 is 17.7. The molecule has 1 aromatic heterocycles. The Labute approximate surface area is 138 Å². The molecule has 0 bridgehead atoms. The van der Waals surface area contributed by atoms with Gasteiger partial charge in [-0.05, 0) is 38.0 Å². The van der Waals surface area contributed by atoms with E-state index in [1.165, 1.54) is 11.6 Å². The van der Waals surface area contributed by atoms with Crippen LogP contribution in [-0.4, -0.2) is 11.2 Å². The molecule has 0 aliphatic heterocycles. The van der Waals surface area contributed by atoms with Crippen molar-refractivity contribution in [3.8, 4) is 0 Å². The Balaban J connectivity index is 2.22. The summed E-state index contributed by atoms with van der Waals surface area (Å²) in [4.78, 5) is 4.04. The zero-order valence-corrected chi connectivity index (χ0v) is 14.1. The predicted octanol–water partition coefficient (Wildman–Crippen LogP) is 5.41. The molecule has 0 amide bonds. The molecule has 110 valence electrons. The number of aromatic nitrogens is 1. The fourth-order valence-corrected chi connectivity index (χ4v) is 2.62. The lowest BCUT2D eigenvalue weighted by Crippen LogP contribution is -1.98. The maximum atomic E-state index is 6.02. The minimum Gasteiger partial charge on any atom is -0.260 e. The van der Waals surface area contributed by atoms with E-state index in [4.69, 9.17) is 34.8 Å². The Morgan fingerprint density at radius 2 is 1.62 bits per heavy atom. The number of pyridine rings is 1. The summed E-state index contributed by atoms with van der Waals surface area (Å²) < 4.78 is 0. The summed E-state index contributed by atoms with van der Waals surface area (Å²) in [7, 11) is 0. The van der Waals surface area contributed by atoms with Crippen molar-refractivity contribution < 1.29 is 0 Å². The van der Waals surface area contributed by atoms with Crippen LogP contribution in [0.1, 0.15) is 22.3 Å². The number of hydrogen-bond donors (Lipinski definition) is 1. The van der Waals surface area contributed by atoms with Crippen LogP contribution in [0.25, 0.3) is 0 Å². The van der Waals surface area contributed by atoms with E-state index in [2.05, 4.69) is 34.6 Å². The van der Waals surface area contributed by atoms with Crippen molar-refractivity contribution in [2.45, 2.75) is 20.8 Å². The molecule has 0 aliphatic rings. The third-order valence-electron chi connectivity index (χ3n) is 2.99. The first kappa shape index (κ1) is 16.1. The number of nitrogens with zero attached hydrogens (tertiary/aromatic N) is 2. The van der Waals surface area contributed by atoms with Gasteiger partial charge >= 0.3 is 0 Å².